The Morgan fingerprint density at radius 1 is 1.15 bits per heavy atom. The molecule has 2 atom stereocenters. The number of nitrogens with zero attached hydrogens (tertiary/aromatic N) is 3. The third-order valence-electron chi connectivity index (χ3n) is 6.09. The topological polar surface area (TPSA) is 55.6 Å². The quantitative estimate of drug-likeness (QED) is 0.586. The van der Waals surface area contributed by atoms with Crippen LogP contribution in [0.1, 0.15) is 44.2 Å². The molecule has 4 aromatic rings. The SMILES string of the molecule is C[C@@H]1CCCC[C@@H]1n1c(=O)n(Cc2ccccc2)c2cnc3[nH]ccc3c21. The summed E-state index contributed by atoms with van der Waals surface area (Å²) in [7, 11) is 0. The molecule has 1 aliphatic carbocycles. The molecule has 0 spiro atoms. The van der Waals surface area contributed by atoms with Crippen LogP contribution in [0.4, 0.5) is 0 Å². The van der Waals surface area contributed by atoms with E-state index < -0.39 is 0 Å². The summed E-state index contributed by atoms with van der Waals surface area (Å²) < 4.78 is 3.96. The number of nitrogens with one attached hydrogen (secondary N) is 1. The minimum Gasteiger partial charge on any atom is -0.346 e. The van der Waals surface area contributed by atoms with Crippen molar-refractivity contribution in [2.75, 3.05) is 0 Å². The van der Waals surface area contributed by atoms with Gasteiger partial charge in [-0.2, -0.15) is 0 Å². The van der Waals surface area contributed by atoms with E-state index in [2.05, 4.69) is 33.6 Å². The third kappa shape index (κ3) is 2.60. The van der Waals surface area contributed by atoms with Crippen LogP contribution in [0, 0.1) is 5.92 Å². The van der Waals surface area contributed by atoms with Gasteiger partial charge in [0.1, 0.15) is 5.65 Å². The number of aromatic nitrogens is 4. The molecule has 3 aromatic heterocycles. The number of fused-ring (bicyclic) bond motifs is 3. The summed E-state index contributed by atoms with van der Waals surface area (Å²) in [5, 5.41) is 1.04. The van der Waals surface area contributed by atoms with Crippen molar-refractivity contribution in [1.82, 2.24) is 19.1 Å². The first-order valence-corrected chi connectivity index (χ1v) is 9.85. The molecule has 0 bridgehead atoms. The molecule has 5 nitrogen and oxygen atoms in total. The Morgan fingerprint density at radius 2 is 1.96 bits per heavy atom. The summed E-state index contributed by atoms with van der Waals surface area (Å²) >= 11 is 0. The molecule has 5 heteroatoms. The van der Waals surface area contributed by atoms with Crippen molar-refractivity contribution in [2.45, 2.75) is 45.2 Å². The minimum atomic E-state index is 0.0862. The molecule has 1 aromatic carbocycles. The molecule has 0 saturated heterocycles. The fourth-order valence-corrected chi connectivity index (χ4v) is 4.67. The normalized spacial score (nSPS) is 20.5. The van der Waals surface area contributed by atoms with Crippen LogP contribution >= 0.6 is 0 Å². The molecule has 1 fully saturated rings. The lowest BCUT2D eigenvalue weighted by Gasteiger charge is -2.29. The van der Waals surface area contributed by atoms with Crippen molar-refractivity contribution < 1.29 is 0 Å². The van der Waals surface area contributed by atoms with Gasteiger partial charge in [0, 0.05) is 17.6 Å². The van der Waals surface area contributed by atoms with E-state index in [-0.39, 0.29) is 11.7 Å². The standard InChI is InChI=1S/C22H24N4O/c1-15-7-5-6-10-18(15)26-20-17-11-12-23-21(17)24-13-19(20)25(22(26)27)14-16-8-3-2-4-9-16/h2-4,8-9,11-13,15,18H,5-7,10,14H2,1H3,(H,23,24)/t15-,18+/m1/s1. The number of pyridine rings is 1. The molecule has 1 saturated carbocycles. The van der Waals surface area contributed by atoms with E-state index in [1.807, 2.05) is 41.2 Å². The van der Waals surface area contributed by atoms with Crippen LogP contribution in [0.5, 0.6) is 0 Å². The van der Waals surface area contributed by atoms with Gasteiger partial charge in [-0.1, -0.05) is 50.1 Å². The van der Waals surface area contributed by atoms with Gasteiger partial charge in [-0.15, -0.1) is 0 Å². The molecule has 5 rings (SSSR count). The van der Waals surface area contributed by atoms with Gasteiger partial charge in [0.2, 0.25) is 0 Å². The van der Waals surface area contributed by atoms with Crippen LogP contribution in [0.25, 0.3) is 22.1 Å². The van der Waals surface area contributed by atoms with Crippen molar-refractivity contribution >= 4 is 22.1 Å². The molecule has 1 N–H and O–H groups in total. The first-order valence-electron chi connectivity index (χ1n) is 9.85. The predicted octanol–water partition coefficient (Wildman–Crippen LogP) is 4.48. The highest BCUT2D eigenvalue weighted by Crippen LogP contribution is 2.36. The van der Waals surface area contributed by atoms with Crippen molar-refractivity contribution in [1.29, 1.82) is 0 Å². The van der Waals surface area contributed by atoms with E-state index in [1.165, 1.54) is 19.3 Å². The Bertz CT molecular complexity index is 1150. The predicted molar refractivity (Wildman–Crippen MR) is 108 cm³/mol. The number of H-pyrrole nitrogens is 1. The van der Waals surface area contributed by atoms with E-state index in [1.54, 1.807) is 0 Å². The van der Waals surface area contributed by atoms with Gasteiger partial charge >= 0.3 is 5.69 Å². The maximum absolute atomic E-state index is 13.6. The zero-order valence-corrected chi connectivity index (χ0v) is 15.6. The van der Waals surface area contributed by atoms with E-state index >= 15 is 0 Å². The molecule has 138 valence electrons. The summed E-state index contributed by atoms with van der Waals surface area (Å²) in [6.45, 7) is 2.86. The number of rotatable bonds is 3. The van der Waals surface area contributed by atoms with Crippen LogP contribution < -0.4 is 5.69 Å². The van der Waals surface area contributed by atoms with E-state index in [0.717, 1.165) is 34.1 Å². The van der Waals surface area contributed by atoms with Gasteiger partial charge in [-0.3, -0.25) is 9.13 Å². The Morgan fingerprint density at radius 3 is 2.78 bits per heavy atom. The molecular formula is C22H24N4O. The van der Waals surface area contributed by atoms with Crippen molar-refractivity contribution in [3.8, 4) is 0 Å². The van der Waals surface area contributed by atoms with Gasteiger partial charge in [0.05, 0.1) is 23.8 Å². The van der Waals surface area contributed by atoms with E-state index in [4.69, 9.17) is 0 Å². The monoisotopic (exact) mass is 360 g/mol. The smallest absolute Gasteiger partial charge is 0.329 e. The lowest BCUT2D eigenvalue weighted by atomic mass is 9.85. The van der Waals surface area contributed by atoms with Crippen LogP contribution in [0.2, 0.25) is 0 Å². The van der Waals surface area contributed by atoms with Crippen LogP contribution in [-0.2, 0) is 6.54 Å². The molecular weight excluding hydrogens is 336 g/mol. The molecule has 3 heterocycles. The first kappa shape index (κ1) is 16.4. The van der Waals surface area contributed by atoms with Crippen LogP contribution in [0.3, 0.4) is 0 Å². The maximum Gasteiger partial charge on any atom is 0.329 e. The van der Waals surface area contributed by atoms with Crippen LogP contribution in [-0.4, -0.2) is 19.1 Å². The van der Waals surface area contributed by atoms with E-state index in [9.17, 15) is 4.79 Å². The number of imidazole rings is 1. The highest BCUT2D eigenvalue weighted by atomic mass is 16.1. The molecule has 0 radical (unpaired) electrons. The van der Waals surface area contributed by atoms with Crippen molar-refractivity contribution in [3.63, 3.8) is 0 Å². The summed E-state index contributed by atoms with van der Waals surface area (Å²) in [6.07, 6.45) is 8.46. The molecule has 27 heavy (non-hydrogen) atoms. The average Bonchev–Trinajstić information content (AvgIpc) is 3.27. The number of aromatic amines is 1. The van der Waals surface area contributed by atoms with Gasteiger partial charge < -0.3 is 4.98 Å². The van der Waals surface area contributed by atoms with Gasteiger partial charge in [0.25, 0.3) is 0 Å². The lowest BCUT2D eigenvalue weighted by molar-refractivity contribution is 0.256. The summed E-state index contributed by atoms with van der Waals surface area (Å²) in [6, 6.07) is 12.5. The molecule has 1 aliphatic rings. The molecule has 0 amide bonds. The Kier molecular flexibility index (Phi) is 3.88. The molecule has 0 aliphatic heterocycles. The van der Waals surface area contributed by atoms with Crippen molar-refractivity contribution in [2.24, 2.45) is 5.92 Å². The number of hydrogen-bond donors (Lipinski definition) is 1. The van der Waals surface area contributed by atoms with Gasteiger partial charge in [-0.05, 0) is 30.4 Å². The molecule has 0 unspecified atom stereocenters. The highest BCUT2D eigenvalue weighted by Gasteiger charge is 2.28. The average molecular weight is 360 g/mol. The summed E-state index contributed by atoms with van der Waals surface area (Å²) in [5.74, 6) is 0.509. The highest BCUT2D eigenvalue weighted by molar-refractivity contribution is 6.01. The second-order valence-corrected chi connectivity index (χ2v) is 7.79. The van der Waals surface area contributed by atoms with Crippen LogP contribution in [0.15, 0.2) is 53.6 Å². The summed E-state index contributed by atoms with van der Waals surface area (Å²) in [5.41, 5.74) is 4.01. The fraction of sp³-hybridized carbons (Fsp3) is 0.364. The Balaban J connectivity index is 1.78. The largest absolute Gasteiger partial charge is 0.346 e. The van der Waals surface area contributed by atoms with Crippen molar-refractivity contribution in [3.05, 3.63) is 64.8 Å². The van der Waals surface area contributed by atoms with Gasteiger partial charge in [0.15, 0.2) is 0 Å². The number of benzene rings is 1. The Hall–Kier alpha value is -2.82. The fourth-order valence-electron chi connectivity index (χ4n) is 4.67. The van der Waals surface area contributed by atoms with E-state index in [0.29, 0.717) is 12.5 Å². The zero-order chi connectivity index (χ0) is 18.4. The Labute approximate surface area is 157 Å². The maximum atomic E-state index is 13.6. The summed E-state index contributed by atoms with van der Waals surface area (Å²) in [4.78, 5) is 21.3. The number of hydrogen-bond acceptors (Lipinski definition) is 2. The lowest BCUT2D eigenvalue weighted by Crippen LogP contribution is -2.32. The first-order chi connectivity index (χ1) is 13.2. The zero-order valence-electron chi connectivity index (χ0n) is 15.6. The van der Waals surface area contributed by atoms with Gasteiger partial charge in [-0.25, -0.2) is 9.78 Å². The minimum absolute atomic E-state index is 0.0862. The second-order valence-electron chi connectivity index (χ2n) is 7.79. The second kappa shape index (κ2) is 6.41. The third-order valence-corrected chi connectivity index (χ3v) is 6.09.